The van der Waals surface area contributed by atoms with Crippen LogP contribution in [0.2, 0.25) is 0 Å². The minimum absolute atomic E-state index is 0.238. The van der Waals surface area contributed by atoms with E-state index in [2.05, 4.69) is 41.7 Å². The number of carbonyl (C=O) groups excluding carboxylic acids is 1. The van der Waals surface area contributed by atoms with Gasteiger partial charge in [0.2, 0.25) is 0 Å². The number of hydrogen-bond acceptors (Lipinski definition) is 2. The normalized spacial score (nSPS) is 13.1. The summed E-state index contributed by atoms with van der Waals surface area (Å²) in [5, 5.41) is 0. The standard InChI is InChI=1S/C3H4BrO2.Au/c1-6-3(5)2-4;/h2H,1H3;. The van der Waals surface area contributed by atoms with Crippen molar-refractivity contribution in [3.63, 3.8) is 0 Å². The zero-order valence-corrected chi connectivity index (χ0v) is 7.33. The van der Waals surface area contributed by atoms with E-state index in [4.69, 9.17) is 0 Å². The Balaban J connectivity index is 3.35. The third kappa shape index (κ3) is 3.29. The van der Waals surface area contributed by atoms with Crippen LogP contribution >= 0.6 is 15.9 Å². The summed E-state index contributed by atoms with van der Waals surface area (Å²) in [5.74, 6) is -0.261. The molecule has 0 spiro atoms. The first kappa shape index (κ1) is 7.69. The molecule has 1 atom stereocenters. The Bertz CT molecular complexity index is 73.3. The van der Waals surface area contributed by atoms with E-state index in [0.29, 0.717) is 0 Å². The second kappa shape index (κ2) is 3.66. The summed E-state index contributed by atoms with van der Waals surface area (Å²) < 4.78 is 4.07. The van der Waals surface area contributed by atoms with Crippen molar-refractivity contribution in [2.45, 2.75) is 3.05 Å². The first-order valence-electron chi connectivity index (χ1n) is 1.50. The topological polar surface area (TPSA) is 26.3 Å². The third-order valence-corrected chi connectivity index (χ3v) is 1.25. The summed E-state index contributed by atoms with van der Waals surface area (Å²) in [6.45, 7) is 0. The molecule has 0 aliphatic heterocycles. The molecule has 0 amide bonds. The van der Waals surface area contributed by atoms with Gasteiger partial charge in [0, 0.05) is 0 Å². The van der Waals surface area contributed by atoms with Gasteiger partial charge >= 0.3 is 62.7 Å². The molecule has 0 aliphatic carbocycles. The summed E-state index contributed by atoms with van der Waals surface area (Å²) in [6.07, 6.45) is 0. The zero-order chi connectivity index (χ0) is 5.86. The maximum atomic E-state index is 10.2. The number of ether oxygens (including phenoxy) is 1. The minimum atomic E-state index is -0.261. The molecule has 0 aromatic rings. The summed E-state index contributed by atoms with van der Waals surface area (Å²) in [6, 6.07) is 0. The number of rotatable bonds is 1. The van der Waals surface area contributed by atoms with Crippen LogP contribution in [0.25, 0.3) is 0 Å². The molecule has 4 heteroatoms. The molecule has 0 heterocycles. The van der Waals surface area contributed by atoms with Crippen LogP contribution in [-0.2, 0) is 30.6 Å². The average Bonchev–Trinajstić information content (AvgIpc) is 1.65. The Morgan fingerprint density at radius 3 is 2.43 bits per heavy atom. The van der Waals surface area contributed by atoms with Gasteiger partial charge in [0.25, 0.3) is 0 Å². The van der Waals surface area contributed by atoms with Crippen molar-refractivity contribution in [2.75, 3.05) is 7.11 Å². The molecule has 46 valence electrons. The summed E-state index contributed by atoms with van der Waals surface area (Å²) >= 11 is 5.08. The number of methoxy groups -OCH3 is 1. The number of carbonyl (C=O) groups is 1. The van der Waals surface area contributed by atoms with E-state index in [-0.39, 0.29) is 9.01 Å². The van der Waals surface area contributed by atoms with Gasteiger partial charge in [-0.2, -0.15) is 0 Å². The molecular formula is C3H4AuBrO2. The zero-order valence-electron chi connectivity index (χ0n) is 3.57. The molecule has 0 aliphatic rings. The van der Waals surface area contributed by atoms with Crippen molar-refractivity contribution in [2.24, 2.45) is 0 Å². The van der Waals surface area contributed by atoms with Gasteiger partial charge in [-0.05, 0) is 0 Å². The molecular weight excluding hydrogens is 345 g/mol. The Morgan fingerprint density at radius 1 is 2.00 bits per heavy atom. The van der Waals surface area contributed by atoms with E-state index in [9.17, 15) is 4.79 Å². The fraction of sp³-hybridized carbons (Fsp3) is 0.667. The molecule has 0 fully saturated rings. The number of esters is 1. The summed E-state index contributed by atoms with van der Waals surface area (Å²) in [4.78, 5) is 10.2. The molecule has 7 heavy (non-hydrogen) atoms. The van der Waals surface area contributed by atoms with Crippen LogP contribution in [0.3, 0.4) is 0 Å². The van der Waals surface area contributed by atoms with Crippen LogP contribution in [0.5, 0.6) is 0 Å². The number of alkyl halides is 1. The average molecular weight is 349 g/mol. The molecule has 0 saturated heterocycles. The van der Waals surface area contributed by atoms with E-state index in [1.165, 1.54) is 7.11 Å². The fourth-order valence-electron chi connectivity index (χ4n) is 0.0801. The number of halogens is 1. The van der Waals surface area contributed by atoms with Crippen LogP contribution in [0.15, 0.2) is 0 Å². The molecule has 0 rings (SSSR count). The second-order valence-electron chi connectivity index (χ2n) is 0.785. The van der Waals surface area contributed by atoms with Gasteiger partial charge in [0.1, 0.15) is 0 Å². The van der Waals surface area contributed by atoms with Gasteiger partial charge in [-0.25, -0.2) is 0 Å². The Morgan fingerprint density at radius 2 is 2.43 bits per heavy atom. The molecule has 0 radical (unpaired) electrons. The summed E-state index contributed by atoms with van der Waals surface area (Å²) in [7, 11) is 1.35. The van der Waals surface area contributed by atoms with Crippen LogP contribution < -0.4 is 0 Å². The van der Waals surface area contributed by atoms with Crippen molar-refractivity contribution < 1.29 is 30.6 Å². The van der Waals surface area contributed by atoms with E-state index >= 15 is 0 Å². The van der Waals surface area contributed by atoms with Gasteiger partial charge < -0.3 is 0 Å². The van der Waals surface area contributed by atoms with Crippen LogP contribution in [0.4, 0.5) is 0 Å². The van der Waals surface area contributed by atoms with E-state index in [1.54, 1.807) is 0 Å². The Labute approximate surface area is 62.6 Å². The van der Waals surface area contributed by atoms with E-state index < -0.39 is 0 Å². The van der Waals surface area contributed by atoms with Gasteiger partial charge in [-0.3, -0.25) is 0 Å². The van der Waals surface area contributed by atoms with Crippen molar-refractivity contribution in [3.8, 4) is 0 Å². The van der Waals surface area contributed by atoms with Crippen LogP contribution in [0, 0.1) is 0 Å². The van der Waals surface area contributed by atoms with Crippen LogP contribution in [-0.4, -0.2) is 16.1 Å². The summed E-state index contributed by atoms with van der Waals surface area (Å²) in [5.41, 5.74) is 0. The predicted octanol–water partition coefficient (Wildman–Crippen LogP) is 0.427. The van der Waals surface area contributed by atoms with E-state index in [0.717, 1.165) is 0 Å². The predicted molar refractivity (Wildman–Crippen MR) is 24.7 cm³/mol. The molecule has 0 aromatic heterocycles. The molecule has 0 aromatic carbocycles. The number of hydrogen-bond donors (Lipinski definition) is 0. The molecule has 2 nitrogen and oxygen atoms in total. The quantitative estimate of drug-likeness (QED) is 0.390. The van der Waals surface area contributed by atoms with Crippen molar-refractivity contribution in [1.82, 2.24) is 0 Å². The Kier molecular flexibility index (Phi) is 4.02. The molecule has 1 unspecified atom stereocenters. The monoisotopic (exact) mass is 348 g/mol. The van der Waals surface area contributed by atoms with E-state index in [1.807, 2.05) is 0 Å². The molecule has 0 bridgehead atoms. The van der Waals surface area contributed by atoms with Crippen molar-refractivity contribution >= 4 is 21.9 Å². The SMILES string of the molecule is COC(=O)[CH](Br)[Au]. The van der Waals surface area contributed by atoms with Gasteiger partial charge in [0.15, 0.2) is 0 Å². The molecule has 0 N–H and O–H groups in total. The van der Waals surface area contributed by atoms with Crippen molar-refractivity contribution in [3.05, 3.63) is 0 Å². The first-order chi connectivity index (χ1) is 3.18. The van der Waals surface area contributed by atoms with Crippen LogP contribution in [0.1, 0.15) is 0 Å². The second-order valence-corrected chi connectivity index (χ2v) is 4.60. The third-order valence-electron chi connectivity index (χ3n) is 0.361. The van der Waals surface area contributed by atoms with Crippen molar-refractivity contribution in [1.29, 1.82) is 0 Å². The van der Waals surface area contributed by atoms with Gasteiger partial charge in [0.05, 0.1) is 0 Å². The fourth-order valence-corrected chi connectivity index (χ4v) is 0.522. The first-order valence-corrected chi connectivity index (χ1v) is 3.66. The molecule has 0 saturated carbocycles. The Hall–Kier alpha value is 0.690. The van der Waals surface area contributed by atoms with Gasteiger partial charge in [-0.1, -0.05) is 0 Å². The maximum absolute atomic E-state index is 10.2. The van der Waals surface area contributed by atoms with Gasteiger partial charge in [-0.15, -0.1) is 0 Å².